The minimum atomic E-state index is 0.431. The van der Waals surface area contributed by atoms with Crippen LogP contribution in [-0.2, 0) is 4.74 Å². The molecule has 0 aromatic heterocycles. The van der Waals surface area contributed by atoms with E-state index >= 15 is 0 Å². The fraction of sp³-hybridized carbons (Fsp3) is 1.00. The normalized spacial score (nSPS) is 21.0. The minimum absolute atomic E-state index is 0.431. The first-order chi connectivity index (χ1) is 6.33. The number of hydrogen-bond donors (Lipinski definition) is 1. The maximum absolute atomic E-state index is 5.78. The molecule has 0 aromatic carbocycles. The fourth-order valence-corrected chi connectivity index (χ4v) is 1.44. The van der Waals surface area contributed by atoms with E-state index in [1.807, 2.05) is 5.01 Å². The predicted octanol–water partition coefficient (Wildman–Crippen LogP) is 1.53. The van der Waals surface area contributed by atoms with Crippen molar-refractivity contribution in [2.75, 3.05) is 19.7 Å². The Balaban J connectivity index is 1.80. The largest absolute Gasteiger partial charge is 0.372 e. The van der Waals surface area contributed by atoms with Gasteiger partial charge < -0.3 is 4.74 Å². The lowest BCUT2D eigenvalue weighted by Crippen LogP contribution is -2.35. The van der Waals surface area contributed by atoms with E-state index < -0.39 is 0 Å². The second-order valence-corrected chi connectivity index (χ2v) is 3.86. The molecule has 13 heavy (non-hydrogen) atoms. The van der Waals surface area contributed by atoms with Crippen LogP contribution in [0.3, 0.4) is 0 Å². The zero-order valence-corrected chi connectivity index (χ0v) is 8.67. The van der Waals surface area contributed by atoms with E-state index in [1.54, 1.807) is 0 Å². The summed E-state index contributed by atoms with van der Waals surface area (Å²) in [5.41, 5.74) is 0. The summed E-state index contributed by atoms with van der Waals surface area (Å²) >= 11 is 0. The van der Waals surface area contributed by atoms with E-state index in [9.17, 15) is 0 Å². The van der Waals surface area contributed by atoms with Crippen LogP contribution >= 0.6 is 0 Å². The molecule has 1 aliphatic rings. The lowest BCUT2D eigenvalue weighted by atomic mass is 10.1. The van der Waals surface area contributed by atoms with Crippen molar-refractivity contribution < 1.29 is 4.74 Å². The van der Waals surface area contributed by atoms with Gasteiger partial charge in [0, 0.05) is 13.1 Å². The second-order valence-electron chi connectivity index (χ2n) is 3.86. The third kappa shape index (κ3) is 6.02. The monoisotopic (exact) mass is 186 g/mol. The number of hydrogen-bond acceptors (Lipinski definition) is 3. The van der Waals surface area contributed by atoms with Crippen molar-refractivity contribution in [1.82, 2.24) is 5.01 Å². The van der Waals surface area contributed by atoms with Crippen molar-refractivity contribution in [2.24, 2.45) is 5.84 Å². The summed E-state index contributed by atoms with van der Waals surface area (Å²) in [6, 6.07) is 0. The van der Waals surface area contributed by atoms with Gasteiger partial charge in [0.15, 0.2) is 0 Å². The molecule has 0 bridgehead atoms. The molecule has 0 amide bonds. The summed E-state index contributed by atoms with van der Waals surface area (Å²) in [4.78, 5) is 0. The van der Waals surface area contributed by atoms with Crippen molar-refractivity contribution in [3.05, 3.63) is 0 Å². The van der Waals surface area contributed by atoms with Crippen LogP contribution in [0.15, 0.2) is 0 Å². The molecule has 0 spiro atoms. The van der Waals surface area contributed by atoms with Gasteiger partial charge in [0.1, 0.15) is 0 Å². The molecule has 0 radical (unpaired) electrons. The Morgan fingerprint density at radius 3 is 2.62 bits per heavy atom. The van der Waals surface area contributed by atoms with Gasteiger partial charge in [0.25, 0.3) is 0 Å². The fourth-order valence-electron chi connectivity index (χ4n) is 1.44. The molecule has 1 unspecified atom stereocenters. The molecule has 1 fully saturated rings. The van der Waals surface area contributed by atoms with Gasteiger partial charge in [-0.05, 0) is 6.42 Å². The van der Waals surface area contributed by atoms with E-state index in [0.717, 1.165) is 19.7 Å². The van der Waals surface area contributed by atoms with Gasteiger partial charge in [0.2, 0.25) is 0 Å². The van der Waals surface area contributed by atoms with E-state index in [1.165, 1.54) is 32.1 Å². The number of ether oxygens (including phenoxy) is 1. The summed E-state index contributed by atoms with van der Waals surface area (Å²) in [6.07, 6.45) is 6.99. The quantitative estimate of drug-likeness (QED) is 0.270. The number of nitrogens with zero attached hydrogens (tertiary/aromatic N) is 1. The van der Waals surface area contributed by atoms with Gasteiger partial charge in [-0.1, -0.05) is 32.6 Å². The number of rotatable bonds is 8. The second kappa shape index (κ2) is 6.35. The summed E-state index contributed by atoms with van der Waals surface area (Å²) < 4.78 is 5.10. The third-order valence-electron chi connectivity index (χ3n) is 2.39. The zero-order chi connectivity index (χ0) is 9.52. The minimum Gasteiger partial charge on any atom is -0.372 e. The molecule has 1 aliphatic heterocycles. The molecule has 1 atom stereocenters. The predicted molar refractivity (Wildman–Crippen MR) is 54.3 cm³/mol. The Bertz CT molecular complexity index is 126. The molecule has 0 aliphatic carbocycles. The number of hydrazine groups is 1. The molecular weight excluding hydrogens is 164 g/mol. The average molecular weight is 186 g/mol. The molecule has 0 saturated carbocycles. The standard InChI is InChI=1S/C10H22N2O/c1-2-3-4-5-6-7-12(11)8-10-9-13-10/h10H,2-9,11H2,1H3. The summed E-state index contributed by atoms with van der Waals surface area (Å²) in [5.74, 6) is 5.78. The highest BCUT2D eigenvalue weighted by Crippen LogP contribution is 2.09. The number of unbranched alkanes of at least 4 members (excludes halogenated alkanes) is 4. The molecule has 3 heteroatoms. The highest BCUT2D eigenvalue weighted by Gasteiger charge is 2.23. The Kier molecular flexibility index (Phi) is 5.35. The molecule has 0 aromatic rings. The first-order valence-corrected chi connectivity index (χ1v) is 5.44. The van der Waals surface area contributed by atoms with Gasteiger partial charge in [-0.3, -0.25) is 5.84 Å². The van der Waals surface area contributed by atoms with Gasteiger partial charge in [-0.15, -0.1) is 0 Å². The Labute approximate surface area is 81.2 Å². The molecule has 1 heterocycles. The van der Waals surface area contributed by atoms with Gasteiger partial charge in [-0.2, -0.15) is 0 Å². The van der Waals surface area contributed by atoms with Crippen molar-refractivity contribution in [3.8, 4) is 0 Å². The molecule has 2 N–H and O–H groups in total. The van der Waals surface area contributed by atoms with Crippen molar-refractivity contribution in [1.29, 1.82) is 0 Å². The highest BCUT2D eigenvalue weighted by molar-refractivity contribution is 4.71. The maximum Gasteiger partial charge on any atom is 0.0950 e. The van der Waals surface area contributed by atoms with Crippen LogP contribution in [0.25, 0.3) is 0 Å². The highest BCUT2D eigenvalue weighted by atomic mass is 16.6. The maximum atomic E-state index is 5.78. The lowest BCUT2D eigenvalue weighted by molar-refractivity contribution is 0.243. The van der Waals surface area contributed by atoms with Crippen LogP contribution in [0, 0.1) is 0 Å². The van der Waals surface area contributed by atoms with Gasteiger partial charge >= 0.3 is 0 Å². The van der Waals surface area contributed by atoms with Crippen molar-refractivity contribution >= 4 is 0 Å². The van der Waals surface area contributed by atoms with Crippen molar-refractivity contribution in [3.63, 3.8) is 0 Å². The lowest BCUT2D eigenvalue weighted by Gasteiger charge is -2.14. The van der Waals surface area contributed by atoms with E-state index in [0.29, 0.717) is 6.10 Å². The van der Waals surface area contributed by atoms with Crippen LogP contribution in [0.4, 0.5) is 0 Å². The number of epoxide rings is 1. The van der Waals surface area contributed by atoms with E-state index in [4.69, 9.17) is 10.6 Å². The molecule has 3 nitrogen and oxygen atoms in total. The Morgan fingerprint density at radius 1 is 1.31 bits per heavy atom. The van der Waals surface area contributed by atoms with Crippen LogP contribution in [0.1, 0.15) is 39.0 Å². The Hall–Kier alpha value is -0.120. The van der Waals surface area contributed by atoms with Crippen molar-refractivity contribution in [2.45, 2.75) is 45.1 Å². The van der Waals surface area contributed by atoms with E-state index in [2.05, 4.69) is 6.92 Å². The SMILES string of the molecule is CCCCCCCN(N)CC1CO1. The summed E-state index contributed by atoms with van der Waals surface area (Å²) in [6.45, 7) is 5.07. The third-order valence-corrected chi connectivity index (χ3v) is 2.39. The van der Waals surface area contributed by atoms with Crippen LogP contribution in [0.5, 0.6) is 0 Å². The molecule has 1 rings (SSSR count). The van der Waals surface area contributed by atoms with Gasteiger partial charge in [0.05, 0.1) is 12.7 Å². The molecule has 78 valence electrons. The average Bonchev–Trinajstić information content (AvgIpc) is 2.88. The molecular formula is C10H22N2O. The van der Waals surface area contributed by atoms with Crippen LogP contribution in [0.2, 0.25) is 0 Å². The Morgan fingerprint density at radius 2 is 2.00 bits per heavy atom. The first kappa shape index (κ1) is 11.0. The van der Waals surface area contributed by atoms with Gasteiger partial charge in [-0.25, -0.2) is 5.01 Å². The summed E-state index contributed by atoms with van der Waals surface area (Å²) in [5, 5.41) is 1.89. The first-order valence-electron chi connectivity index (χ1n) is 5.44. The summed E-state index contributed by atoms with van der Waals surface area (Å²) in [7, 11) is 0. The van der Waals surface area contributed by atoms with Crippen LogP contribution < -0.4 is 5.84 Å². The molecule has 1 saturated heterocycles. The van der Waals surface area contributed by atoms with E-state index in [-0.39, 0.29) is 0 Å². The smallest absolute Gasteiger partial charge is 0.0950 e. The zero-order valence-electron chi connectivity index (χ0n) is 8.67. The topological polar surface area (TPSA) is 41.8 Å². The number of nitrogens with two attached hydrogens (primary N) is 1. The van der Waals surface area contributed by atoms with Crippen LogP contribution in [-0.4, -0.2) is 30.8 Å².